The van der Waals surface area contributed by atoms with Crippen LogP contribution >= 0.6 is 11.6 Å². The SMILES string of the molecule is Cc1nccnc1C(=O)Nc1ccc(-c2cc(Oc3ncccn3)ccc2Cl)cn1. The van der Waals surface area contributed by atoms with Crippen molar-refractivity contribution < 1.29 is 9.53 Å². The predicted molar refractivity (Wildman–Crippen MR) is 112 cm³/mol. The lowest BCUT2D eigenvalue weighted by molar-refractivity contribution is 0.102. The van der Waals surface area contributed by atoms with Gasteiger partial charge in [0.05, 0.1) is 5.69 Å². The topological polar surface area (TPSA) is 103 Å². The van der Waals surface area contributed by atoms with Gasteiger partial charge in [0.1, 0.15) is 17.3 Å². The molecule has 3 heterocycles. The zero-order valence-corrected chi connectivity index (χ0v) is 16.5. The molecule has 0 spiro atoms. The highest BCUT2D eigenvalue weighted by Crippen LogP contribution is 2.32. The van der Waals surface area contributed by atoms with Crippen molar-refractivity contribution in [2.24, 2.45) is 0 Å². The van der Waals surface area contributed by atoms with Gasteiger partial charge in [-0.1, -0.05) is 11.6 Å². The van der Waals surface area contributed by atoms with Crippen LogP contribution in [-0.4, -0.2) is 30.8 Å². The van der Waals surface area contributed by atoms with Crippen LogP contribution in [0.4, 0.5) is 5.82 Å². The molecule has 0 fully saturated rings. The predicted octanol–water partition coefficient (Wildman–Crippen LogP) is 4.34. The molecule has 0 unspecified atom stereocenters. The number of amides is 1. The first-order valence-corrected chi connectivity index (χ1v) is 9.28. The van der Waals surface area contributed by atoms with Crippen molar-refractivity contribution in [3.63, 3.8) is 0 Å². The lowest BCUT2D eigenvalue weighted by Gasteiger charge is -2.09. The maximum absolute atomic E-state index is 12.4. The van der Waals surface area contributed by atoms with E-state index in [4.69, 9.17) is 16.3 Å². The molecule has 0 aliphatic rings. The van der Waals surface area contributed by atoms with Crippen LogP contribution in [0, 0.1) is 6.92 Å². The van der Waals surface area contributed by atoms with Gasteiger partial charge >= 0.3 is 6.01 Å². The number of halogens is 1. The molecule has 8 nitrogen and oxygen atoms in total. The maximum atomic E-state index is 12.4. The molecule has 3 aromatic heterocycles. The third-order valence-corrected chi connectivity index (χ3v) is 4.43. The van der Waals surface area contributed by atoms with Gasteiger partial charge in [-0.15, -0.1) is 0 Å². The first kappa shape index (κ1) is 19.4. The second-order valence-corrected chi connectivity index (χ2v) is 6.56. The summed E-state index contributed by atoms with van der Waals surface area (Å²) in [4.78, 5) is 32.9. The molecule has 1 aromatic carbocycles. The summed E-state index contributed by atoms with van der Waals surface area (Å²) in [6.45, 7) is 1.72. The smallest absolute Gasteiger partial charge is 0.321 e. The zero-order chi connectivity index (χ0) is 20.9. The largest absolute Gasteiger partial charge is 0.424 e. The number of nitrogens with zero attached hydrogens (tertiary/aromatic N) is 5. The molecular formula is C21H15ClN6O2. The molecule has 0 aliphatic carbocycles. The van der Waals surface area contributed by atoms with Crippen LogP contribution in [0.5, 0.6) is 11.8 Å². The summed E-state index contributed by atoms with van der Waals surface area (Å²) < 4.78 is 5.66. The average Bonchev–Trinajstić information content (AvgIpc) is 2.77. The van der Waals surface area contributed by atoms with Crippen molar-refractivity contribution in [2.45, 2.75) is 6.92 Å². The molecule has 0 saturated carbocycles. The first-order chi connectivity index (χ1) is 14.6. The number of ether oxygens (including phenoxy) is 1. The Morgan fingerprint density at radius 3 is 2.50 bits per heavy atom. The summed E-state index contributed by atoms with van der Waals surface area (Å²) in [6, 6.07) is 10.7. The lowest BCUT2D eigenvalue weighted by atomic mass is 10.1. The fourth-order valence-corrected chi connectivity index (χ4v) is 2.89. The number of benzene rings is 1. The van der Waals surface area contributed by atoms with Crippen LogP contribution in [0.1, 0.15) is 16.2 Å². The van der Waals surface area contributed by atoms with E-state index in [9.17, 15) is 4.79 Å². The number of hydrogen-bond donors (Lipinski definition) is 1. The van der Waals surface area contributed by atoms with Gasteiger partial charge in [0.15, 0.2) is 0 Å². The molecule has 0 aliphatic heterocycles. The Bertz CT molecular complexity index is 1190. The van der Waals surface area contributed by atoms with E-state index in [1.807, 2.05) is 0 Å². The number of anilines is 1. The van der Waals surface area contributed by atoms with E-state index < -0.39 is 0 Å². The Labute approximate surface area is 177 Å². The van der Waals surface area contributed by atoms with Crippen molar-refractivity contribution in [1.82, 2.24) is 24.9 Å². The number of aromatic nitrogens is 5. The monoisotopic (exact) mass is 418 g/mol. The second kappa shape index (κ2) is 8.62. The molecule has 4 rings (SSSR count). The fourth-order valence-electron chi connectivity index (χ4n) is 2.67. The first-order valence-electron chi connectivity index (χ1n) is 8.90. The Balaban J connectivity index is 1.53. The summed E-state index contributed by atoms with van der Waals surface area (Å²) in [5.41, 5.74) is 2.27. The number of carbonyl (C=O) groups is 1. The van der Waals surface area contributed by atoms with E-state index in [0.717, 1.165) is 11.1 Å². The minimum atomic E-state index is -0.378. The van der Waals surface area contributed by atoms with E-state index >= 15 is 0 Å². The molecular weight excluding hydrogens is 404 g/mol. The van der Waals surface area contributed by atoms with Crippen LogP contribution in [-0.2, 0) is 0 Å². The van der Waals surface area contributed by atoms with Gasteiger partial charge in [0.2, 0.25) is 0 Å². The average molecular weight is 419 g/mol. The van der Waals surface area contributed by atoms with E-state index in [1.165, 1.54) is 12.4 Å². The lowest BCUT2D eigenvalue weighted by Crippen LogP contribution is -2.16. The van der Waals surface area contributed by atoms with E-state index in [-0.39, 0.29) is 17.6 Å². The van der Waals surface area contributed by atoms with Crippen LogP contribution < -0.4 is 10.1 Å². The van der Waals surface area contributed by atoms with E-state index in [1.54, 1.807) is 61.9 Å². The van der Waals surface area contributed by atoms with Crippen LogP contribution in [0.3, 0.4) is 0 Å². The molecule has 4 aromatic rings. The number of pyridine rings is 1. The van der Waals surface area contributed by atoms with Gasteiger partial charge in [-0.2, -0.15) is 0 Å². The molecule has 9 heteroatoms. The number of rotatable bonds is 5. The molecule has 0 saturated heterocycles. The molecule has 1 amide bonds. The van der Waals surface area contributed by atoms with Crippen LogP contribution in [0.2, 0.25) is 5.02 Å². The molecule has 0 radical (unpaired) electrons. The van der Waals surface area contributed by atoms with Gasteiger partial charge in [-0.3, -0.25) is 9.78 Å². The Kier molecular flexibility index (Phi) is 5.58. The van der Waals surface area contributed by atoms with Crippen molar-refractivity contribution in [3.8, 4) is 22.9 Å². The van der Waals surface area contributed by atoms with Gasteiger partial charge in [0.25, 0.3) is 5.91 Å². The van der Waals surface area contributed by atoms with E-state index in [0.29, 0.717) is 22.3 Å². The Morgan fingerprint density at radius 1 is 0.967 bits per heavy atom. The quantitative estimate of drug-likeness (QED) is 0.514. The minimum Gasteiger partial charge on any atom is -0.424 e. The number of carbonyl (C=O) groups excluding carboxylic acids is 1. The molecule has 0 atom stereocenters. The van der Waals surface area contributed by atoms with Gasteiger partial charge in [-0.05, 0) is 43.3 Å². The highest BCUT2D eigenvalue weighted by molar-refractivity contribution is 6.33. The Hall–Kier alpha value is -3.91. The summed E-state index contributed by atoms with van der Waals surface area (Å²) in [5.74, 6) is 0.545. The van der Waals surface area contributed by atoms with Crippen molar-refractivity contribution in [1.29, 1.82) is 0 Å². The minimum absolute atomic E-state index is 0.237. The number of aryl methyl sites for hydroxylation is 1. The maximum Gasteiger partial charge on any atom is 0.321 e. The van der Waals surface area contributed by atoms with Crippen LogP contribution in [0.25, 0.3) is 11.1 Å². The third-order valence-electron chi connectivity index (χ3n) is 4.10. The normalized spacial score (nSPS) is 10.5. The van der Waals surface area contributed by atoms with Crippen molar-refractivity contribution in [2.75, 3.05) is 5.32 Å². The molecule has 1 N–H and O–H groups in total. The van der Waals surface area contributed by atoms with E-state index in [2.05, 4.69) is 30.2 Å². The van der Waals surface area contributed by atoms with Gasteiger partial charge in [-0.25, -0.2) is 19.9 Å². The molecule has 148 valence electrons. The molecule has 30 heavy (non-hydrogen) atoms. The summed E-state index contributed by atoms with van der Waals surface area (Å²) in [6.07, 6.45) is 7.81. The Morgan fingerprint density at radius 2 is 1.77 bits per heavy atom. The van der Waals surface area contributed by atoms with Gasteiger partial charge < -0.3 is 10.1 Å². The third kappa shape index (κ3) is 4.39. The number of nitrogens with one attached hydrogen (secondary N) is 1. The summed E-state index contributed by atoms with van der Waals surface area (Å²) in [7, 11) is 0. The summed E-state index contributed by atoms with van der Waals surface area (Å²) >= 11 is 6.36. The zero-order valence-electron chi connectivity index (χ0n) is 15.8. The highest BCUT2D eigenvalue weighted by atomic mass is 35.5. The highest BCUT2D eigenvalue weighted by Gasteiger charge is 2.13. The van der Waals surface area contributed by atoms with Crippen LogP contribution in [0.15, 0.2) is 67.4 Å². The number of hydrogen-bond acceptors (Lipinski definition) is 7. The summed E-state index contributed by atoms with van der Waals surface area (Å²) in [5, 5.41) is 3.24. The fraction of sp³-hybridized carbons (Fsp3) is 0.0476. The van der Waals surface area contributed by atoms with Crippen molar-refractivity contribution in [3.05, 3.63) is 83.8 Å². The second-order valence-electron chi connectivity index (χ2n) is 6.15. The standard InChI is InChI=1S/C21H15ClN6O2/c1-13-19(24-10-9-23-13)20(29)28-18-6-3-14(12-27-18)16-11-15(4-5-17(16)22)30-21-25-7-2-8-26-21/h2-12H,1H3,(H,27,28,29). The van der Waals surface area contributed by atoms with Crippen molar-refractivity contribution >= 4 is 23.3 Å². The molecule has 0 bridgehead atoms. The van der Waals surface area contributed by atoms with Gasteiger partial charge in [0, 0.05) is 47.1 Å².